The molecule has 4 heterocycles. The van der Waals surface area contributed by atoms with Crippen LogP contribution in [0.4, 0.5) is 0 Å². The van der Waals surface area contributed by atoms with E-state index in [2.05, 4.69) is 67.5 Å². The second kappa shape index (κ2) is 10.8. The van der Waals surface area contributed by atoms with Crippen molar-refractivity contribution in [3.8, 4) is 0 Å². The Labute approximate surface area is 189 Å². The van der Waals surface area contributed by atoms with Crippen LogP contribution in [0.1, 0.15) is 47.5 Å². The number of thiophene rings is 2. The molecule has 30 heavy (non-hydrogen) atoms. The zero-order valence-electron chi connectivity index (χ0n) is 18.2. The molecule has 2 aliphatic heterocycles. The molecule has 0 bridgehead atoms. The Balaban J connectivity index is 1.35. The third kappa shape index (κ3) is 5.25. The minimum Gasteiger partial charge on any atom is -0.356 e. The summed E-state index contributed by atoms with van der Waals surface area (Å²) >= 11 is 3.75. The number of hydrogen-bond acceptors (Lipinski definition) is 5. The Hall–Kier alpha value is -1.41. The summed E-state index contributed by atoms with van der Waals surface area (Å²) in [5.74, 6) is 1.53. The monoisotopic (exact) mass is 445 g/mol. The lowest BCUT2D eigenvalue weighted by Gasteiger charge is -2.39. The highest BCUT2D eigenvalue weighted by Gasteiger charge is 2.31. The molecule has 0 aliphatic carbocycles. The van der Waals surface area contributed by atoms with E-state index < -0.39 is 0 Å². The molecule has 7 heteroatoms. The van der Waals surface area contributed by atoms with Crippen LogP contribution < -0.4 is 10.6 Å². The number of nitrogens with zero attached hydrogens (tertiary/aromatic N) is 3. The molecule has 2 aromatic heterocycles. The molecule has 164 valence electrons. The van der Waals surface area contributed by atoms with E-state index in [1.165, 1.54) is 55.1 Å². The van der Waals surface area contributed by atoms with Gasteiger partial charge in [-0.2, -0.15) is 0 Å². The van der Waals surface area contributed by atoms with Gasteiger partial charge in [-0.25, -0.2) is 0 Å². The SMILES string of the molecule is CN=C(NCC1CCCN(C)C1c1cccs1)NCC(c1cccs1)N1CCCC1. The van der Waals surface area contributed by atoms with Gasteiger partial charge in [-0.05, 0) is 81.2 Å². The van der Waals surface area contributed by atoms with Gasteiger partial charge >= 0.3 is 0 Å². The van der Waals surface area contributed by atoms with Crippen molar-refractivity contribution in [1.82, 2.24) is 20.4 Å². The lowest BCUT2D eigenvalue weighted by molar-refractivity contribution is 0.125. The summed E-state index contributed by atoms with van der Waals surface area (Å²) in [6.45, 7) is 5.45. The summed E-state index contributed by atoms with van der Waals surface area (Å²) in [6, 6.07) is 9.85. The van der Waals surface area contributed by atoms with E-state index in [9.17, 15) is 0 Å². The van der Waals surface area contributed by atoms with Crippen molar-refractivity contribution in [2.75, 3.05) is 46.8 Å². The molecule has 2 fully saturated rings. The highest BCUT2D eigenvalue weighted by atomic mass is 32.1. The van der Waals surface area contributed by atoms with Crippen molar-refractivity contribution < 1.29 is 0 Å². The summed E-state index contributed by atoms with van der Waals surface area (Å²) in [7, 11) is 4.15. The van der Waals surface area contributed by atoms with E-state index in [4.69, 9.17) is 0 Å². The first-order chi connectivity index (χ1) is 14.8. The fourth-order valence-electron chi connectivity index (χ4n) is 4.97. The molecule has 3 atom stereocenters. The zero-order valence-corrected chi connectivity index (χ0v) is 19.9. The van der Waals surface area contributed by atoms with E-state index in [-0.39, 0.29) is 0 Å². The van der Waals surface area contributed by atoms with Crippen LogP contribution in [0.5, 0.6) is 0 Å². The van der Waals surface area contributed by atoms with E-state index in [1.807, 2.05) is 29.7 Å². The molecule has 0 radical (unpaired) electrons. The van der Waals surface area contributed by atoms with E-state index >= 15 is 0 Å². The van der Waals surface area contributed by atoms with Gasteiger partial charge in [-0.1, -0.05) is 12.1 Å². The summed E-state index contributed by atoms with van der Waals surface area (Å²) in [6.07, 6.45) is 5.16. The summed E-state index contributed by atoms with van der Waals surface area (Å²) in [5, 5.41) is 11.7. The lowest BCUT2D eigenvalue weighted by atomic mass is 9.88. The van der Waals surface area contributed by atoms with Gasteiger partial charge in [-0.3, -0.25) is 14.8 Å². The number of nitrogens with one attached hydrogen (secondary N) is 2. The lowest BCUT2D eigenvalue weighted by Crippen LogP contribution is -2.46. The van der Waals surface area contributed by atoms with Gasteiger partial charge in [0.2, 0.25) is 0 Å². The van der Waals surface area contributed by atoms with Gasteiger partial charge in [0.1, 0.15) is 0 Å². The topological polar surface area (TPSA) is 42.9 Å². The van der Waals surface area contributed by atoms with Crippen molar-refractivity contribution in [1.29, 1.82) is 0 Å². The average Bonchev–Trinajstić information content (AvgIpc) is 3.54. The number of piperidine rings is 1. The molecule has 3 unspecified atom stereocenters. The van der Waals surface area contributed by atoms with Crippen LogP contribution in [0.25, 0.3) is 0 Å². The van der Waals surface area contributed by atoms with E-state index in [0.717, 1.165) is 19.0 Å². The van der Waals surface area contributed by atoms with Crippen LogP contribution in [0.15, 0.2) is 40.0 Å². The maximum Gasteiger partial charge on any atom is 0.191 e. The molecule has 5 nitrogen and oxygen atoms in total. The van der Waals surface area contributed by atoms with Crippen LogP contribution in [-0.4, -0.2) is 62.6 Å². The highest BCUT2D eigenvalue weighted by Crippen LogP contribution is 2.36. The number of aliphatic imine (C=N–C) groups is 1. The normalized spacial score (nSPS) is 24.8. The first kappa shape index (κ1) is 21.8. The molecule has 0 amide bonds. The maximum atomic E-state index is 4.53. The van der Waals surface area contributed by atoms with Crippen molar-refractivity contribution in [3.63, 3.8) is 0 Å². The van der Waals surface area contributed by atoms with E-state index in [0.29, 0.717) is 18.0 Å². The van der Waals surface area contributed by atoms with Crippen molar-refractivity contribution in [3.05, 3.63) is 44.8 Å². The average molecular weight is 446 g/mol. The second-order valence-electron chi connectivity index (χ2n) is 8.45. The fourth-order valence-corrected chi connectivity index (χ4v) is 6.81. The summed E-state index contributed by atoms with van der Waals surface area (Å²) in [5.41, 5.74) is 0. The smallest absolute Gasteiger partial charge is 0.191 e. The van der Waals surface area contributed by atoms with Crippen LogP contribution in [0, 0.1) is 5.92 Å². The largest absolute Gasteiger partial charge is 0.356 e. The maximum absolute atomic E-state index is 4.53. The van der Waals surface area contributed by atoms with Gasteiger partial charge < -0.3 is 10.6 Å². The van der Waals surface area contributed by atoms with Crippen molar-refractivity contribution in [2.24, 2.45) is 10.9 Å². The van der Waals surface area contributed by atoms with E-state index in [1.54, 1.807) is 0 Å². The number of hydrogen-bond donors (Lipinski definition) is 2. The van der Waals surface area contributed by atoms with Crippen LogP contribution in [0.3, 0.4) is 0 Å². The standard InChI is InChI=1S/C23H35N5S2/c1-24-23(26-17-19(20-9-6-14-29-20)28-12-3-4-13-28)25-16-18-8-5-11-27(2)22(18)21-10-7-15-30-21/h6-7,9-10,14-15,18-19,22H,3-5,8,11-13,16-17H2,1-2H3,(H2,24,25,26). The Bertz CT molecular complexity index is 768. The summed E-state index contributed by atoms with van der Waals surface area (Å²) in [4.78, 5) is 12.6. The molecule has 2 saturated heterocycles. The van der Waals surface area contributed by atoms with Gasteiger partial charge in [0.15, 0.2) is 5.96 Å². The van der Waals surface area contributed by atoms with Gasteiger partial charge in [-0.15, -0.1) is 22.7 Å². The zero-order chi connectivity index (χ0) is 20.8. The second-order valence-corrected chi connectivity index (χ2v) is 10.4. The van der Waals surface area contributed by atoms with Gasteiger partial charge in [0, 0.05) is 35.9 Å². The third-order valence-electron chi connectivity index (χ3n) is 6.51. The Morgan fingerprint density at radius 2 is 1.90 bits per heavy atom. The van der Waals surface area contributed by atoms with Gasteiger partial charge in [0.05, 0.1) is 6.04 Å². The first-order valence-electron chi connectivity index (χ1n) is 11.2. The minimum atomic E-state index is 0.436. The number of likely N-dealkylation sites (tertiary alicyclic amines) is 2. The molecular weight excluding hydrogens is 410 g/mol. The van der Waals surface area contributed by atoms with Gasteiger partial charge in [0.25, 0.3) is 0 Å². The predicted octanol–water partition coefficient (Wildman–Crippen LogP) is 4.19. The molecule has 2 aromatic rings. The molecule has 0 aromatic carbocycles. The fraction of sp³-hybridized carbons (Fsp3) is 0.609. The highest BCUT2D eigenvalue weighted by molar-refractivity contribution is 7.10. The van der Waals surface area contributed by atoms with Crippen molar-refractivity contribution in [2.45, 2.75) is 37.8 Å². The third-order valence-corrected chi connectivity index (χ3v) is 8.43. The number of rotatable bonds is 7. The minimum absolute atomic E-state index is 0.436. The molecule has 2 aliphatic rings. The van der Waals surface area contributed by atoms with Crippen LogP contribution >= 0.6 is 22.7 Å². The molecule has 2 N–H and O–H groups in total. The Kier molecular flexibility index (Phi) is 7.82. The molecule has 4 rings (SSSR count). The molecule has 0 spiro atoms. The predicted molar refractivity (Wildman–Crippen MR) is 130 cm³/mol. The first-order valence-corrected chi connectivity index (χ1v) is 13.0. The molecule has 0 saturated carbocycles. The number of guanidine groups is 1. The van der Waals surface area contributed by atoms with Crippen molar-refractivity contribution >= 4 is 28.6 Å². The Morgan fingerprint density at radius 1 is 1.10 bits per heavy atom. The molecular formula is C23H35N5S2. The summed E-state index contributed by atoms with van der Waals surface area (Å²) < 4.78 is 0. The van der Waals surface area contributed by atoms with Crippen LogP contribution in [-0.2, 0) is 0 Å². The Morgan fingerprint density at radius 3 is 2.60 bits per heavy atom. The van der Waals surface area contributed by atoms with Crippen LogP contribution in [0.2, 0.25) is 0 Å². The quantitative estimate of drug-likeness (QED) is 0.495.